The van der Waals surface area contributed by atoms with E-state index in [-0.39, 0.29) is 0 Å². The summed E-state index contributed by atoms with van der Waals surface area (Å²) in [5.41, 5.74) is 3.26. The minimum absolute atomic E-state index is 0.310. The standard InChI is InChI=1S/C14H19N3O2S/c1-5-17-9-13(8-15-17)16-20(18,19)14-7-11(3)10(2)6-12(14)4/h6-9,16H,5H2,1-4H3. The number of aromatic nitrogens is 2. The van der Waals surface area contributed by atoms with Crippen molar-refractivity contribution in [3.8, 4) is 0 Å². The number of hydrogen-bond donors (Lipinski definition) is 1. The first kappa shape index (κ1) is 14.6. The summed E-state index contributed by atoms with van der Waals surface area (Å²) in [6, 6.07) is 3.59. The Balaban J connectivity index is 2.37. The zero-order valence-corrected chi connectivity index (χ0v) is 13.0. The lowest BCUT2D eigenvalue weighted by Gasteiger charge is -2.11. The van der Waals surface area contributed by atoms with Gasteiger partial charge in [0.25, 0.3) is 10.0 Å². The monoisotopic (exact) mass is 293 g/mol. The number of benzene rings is 1. The van der Waals surface area contributed by atoms with Gasteiger partial charge in [-0.1, -0.05) is 6.07 Å². The van der Waals surface area contributed by atoms with E-state index in [0.29, 0.717) is 17.1 Å². The fraction of sp³-hybridized carbons (Fsp3) is 0.357. The minimum atomic E-state index is -3.58. The van der Waals surface area contributed by atoms with E-state index in [2.05, 4.69) is 9.82 Å². The van der Waals surface area contributed by atoms with Gasteiger partial charge in [-0.05, 0) is 50.5 Å². The Hall–Kier alpha value is -1.82. The van der Waals surface area contributed by atoms with E-state index in [1.807, 2.05) is 26.8 Å². The van der Waals surface area contributed by atoms with Crippen LogP contribution in [0.25, 0.3) is 0 Å². The van der Waals surface area contributed by atoms with Gasteiger partial charge in [0.1, 0.15) is 0 Å². The SMILES string of the molecule is CCn1cc(NS(=O)(=O)c2cc(C)c(C)cc2C)cn1. The van der Waals surface area contributed by atoms with Crippen molar-refractivity contribution in [1.82, 2.24) is 9.78 Å². The molecule has 1 aromatic carbocycles. The molecule has 0 radical (unpaired) electrons. The lowest BCUT2D eigenvalue weighted by atomic mass is 10.1. The Labute approximate surface area is 119 Å². The Bertz CT molecular complexity index is 733. The van der Waals surface area contributed by atoms with E-state index in [4.69, 9.17) is 0 Å². The maximum absolute atomic E-state index is 12.4. The lowest BCUT2D eigenvalue weighted by Crippen LogP contribution is -2.14. The molecule has 2 aromatic rings. The minimum Gasteiger partial charge on any atom is -0.276 e. The molecule has 0 saturated carbocycles. The van der Waals surface area contributed by atoms with Gasteiger partial charge in [-0.15, -0.1) is 0 Å². The molecule has 0 aliphatic rings. The molecular weight excluding hydrogens is 274 g/mol. The Kier molecular flexibility index (Phi) is 3.85. The van der Waals surface area contributed by atoms with Crippen LogP contribution in [0.4, 0.5) is 5.69 Å². The van der Waals surface area contributed by atoms with Crippen LogP contribution in [0.2, 0.25) is 0 Å². The maximum Gasteiger partial charge on any atom is 0.262 e. The molecule has 108 valence electrons. The second kappa shape index (κ2) is 5.28. The predicted molar refractivity (Wildman–Crippen MR) is 79.4 cm³/mol. The van der Waals surface area contributed by atoms with Gasteiger partial charge in [0.05, 0.1) is 16.8 Å². The van der Waals surface area contributed by atoms with Crippen LogP contribution in [0, 0.1) is 20.8 Å². The van der Waals surface area contributed by atoms with Crippen LogP contribution < -0.4 is 4.72 Å². The summed E-state index contributed by atoms with van der Waals surface area (Å²) in [6.07, 6.45) is 3.19. The van der Waals surface area contributed by atoms with Crippen molar-refractivity contribution in [3.05, 3.63) is 41.2 Å². The maximum atomic E-state index is 12.4. The zero-order valence-electron chi connectivity index (χ0n) is 12.1. The number of aryl methyl sites for hydroxylation is 4. The third-order valence-corrected chi connectivity index (χ3v) is 4.81. The average Bonchev–Trinajstić information content (AvgIpc) is 2.80. The summed E-state index contributed by atoms with van der Waals surface area (Å²) < 4.78 is 29.1. The molecule has 6 heteroatoms. The molecule has 20 heavy (non-hydrogen) atoms. The summed E-state index contributed by atoms with van der Waals surface area (Å²) >= 11 is 0. The molecule has 1 aromatic heterocycles. The molecule has 0 amide bonds. The summed E-state index contributed by atoms with van der Waals surface area (Å²) in [5, 5.41) is 4.06. The van der Waals surface area contributed by atoms with Gasteiger partial charge in [-0.2, -0.15) is 5.10 Å². The van der Waals surface area contributed by atoms with Gasteiger partial charge < -0.3 is 0 Å². The van der Waals surface area contributed by atoms with Crippen LogP contribution in [0.3, 0.4) is 0 Å². The Morgan fingerprint density at radius 3 is 2.40 bits per heavy atom. The van der Waals surface area contributed by atoms with Crippen molar-refractivity contribution >= 4 is 15.7 Å². The molecule has 0 spiro atoms. The largest absolute Gasteiger partial charge is 0.276 e. The number of anilines is 1. The normalized spacial score (nSPS) is 11.6. The van der Waals surface area contributed by atoms with Crippen molar-refractivity contribution in [2.75, 3.05) is 4.72 Å². The van der Waals surface area contributed by atoms with Crippen LogP contribution in [0.5, 0.6) is 0 Å². The molecule has 0 fully saturated rings. The van der Waals surface area contributed by atoms with Gasteiger partial charge in [0, 0.05) is 12.7 Å². The smallest absolute Gasteiger partial charge is 0.262 e. The first-order valence-electron chi connectivity index (χ1n) is 6.46. The van der Waals surface area contributed by atoms with E-state index in [1.54, 1.807) is 23.9 Å². The van der Waals surface area contributed by atoms with E-state index in [9.17, 15) is 8.42 Å². The third kappa shape index (κ3) is 2.85. The highest BCUT2D eigenvalue weighted by Gasteiger charge is 2.18. The highest BCUT2D eigenvalue weighted by molar-refractivity contribution is 7.92. The quantitative estimate of drug-likeness (QED) is 0.942. The molecule has 2 rings (SSSR count). The van der Waals surface area contributed by atoms with Gasteiger partial charge in [-0.3, -0.25) is 9.40 Å². The molecular formula is C14H19N3O2S. The number of rotatable bonds is 4. The van der Waals surface area contributed by atoms with Gasteiger partial charge >= 0.3 is 0 Å². The molecule has 1 heterocycles. The second-order valence-corrected chi connectivity index (χ2v) is 6.54. The van der Waals surface area contributed by atoms with E-state index in [0.717, 1.165) is 16.7 Å². The summed E-state index contributed by atoms with van der Waals surface area (Å²) in [5.74, 6) is 0. The predicted octanol–water partition coefficient (Wildman–Crippen LogP) is 2.63. The van der Waals surface area contributed by atoms with Crippen LogP contribution >= 0.6 is 0 Å². The number of hydrogen-bond acceptors (Lipinski definition) is 3. The Morgan fingerprint density at radius 2 is 1.80 bits per heavy atom. The number of sulfonamides is 1. The van der Waals surface area contributed by atoms with E-state index in [1.165, 1.54) is 6.20 Å². The first-order valence-corrected chi connectivity index (χ1v) is 7.95. The highest BCUT2D eigenvalue weighted by atomic mass is 32.2. The summed E-state index contributed by atoms with van der Waals surface area (Å²) in [4.78, 5) is 0.310. The highest BCUT2D eigenvalue weighted by Crippen LogP contribution is 2.22. The Morgan fingerprint density at radius 1 is 1.15 bits per heavy atom. The van der Waals surface area contributed by atoms with Crippen molar-refractivity contribution < 1.29 is 8.42 Å². The first-order chi connectivity index (χ1) is 9.33. The zero-order chi connectivity index (χ0) is 14.9. The molecule has 1 N–H and O–H groups in total. The fourth-order valence-electron chi connectivity index (χ4n) is 2.02. The van der Waals surface area contributed by atoms with Crippen LogP contribution in [0.1, 0.15) is 23.6 Å². The lowest BCUT2D eigenvalue weighted by molar-refractivity contribution is 0.600. The van der Waals surface area contributed by atoms with Gasteiger partial charge in [0.15, 0.2) is 0 Å². The molecule has 0 bridgehead atoms. The average molecular weight is 293 g/mol. The van der Waals surface area contributed by atoms with Gasteiger partial charge in [0.2, 0.25) is 0 Å². The molecule has 0 atom stereocenters. The van der Waals surface area contributed by atoms with Crippen molar-refractivity contribution in [2.24, 2.45) is 0 Å². The molecule has 0 unspecified atom stereocenters. The third-order valence-electron chi connectivity index (χ3n) is 3.29. The topological polar surface area (TPSA) is 64.0 Å². The molecule has 0 saturated heterocycles. The number of nitrogens with zero attached hydrogens (tertiary/aromatic N) is 2. The van der Waals surface area contributed by atoms with Crippen LogP contribution in [-0.2, 0) is 16.6 Å². The van der Waals surface area contributed by atoms with E-state index >= 15 is 0 Å². The molecule has 0 aliphatic carbocycles. The summed E-state index contributed by atoms with van der Waals surface area (Å²) in [7, 11) is -3.58. The number of nitrogens with one attached hydrogen (secondary N) is 1. The van der Waals surface area contributed by atoms with Crippen LogP contribution in [0.15, 0.2) is 29.4 Å². The van der Waals surface area contributed by atoms with Crippen molar-refractivity contribution in [1.29, 1.82) is 0 Å². The van der Waals surface area contributed by atoms with Crippen molar-refractivity contribution in [3.63, 3.8) is 0 Å². The second-order valence-electron chi connectivity index (χ2n) is 4.89. The van der Waals surface area contributed by atoms with Crippen LogP contribution in [-0.4, -0.2) is 18.2 Å². The fourth-order valence-corrected chi connectivity index (χ4v) is 3.36. The molecule has 5 nitrogen and oxygen atoms in total. The van der Waals surface area contributed by atoms with E-state index < -0.39 is 10.0 Å². The summed E-state index contributed by atoms with van der Waals surface area (Å²) in [6.45, 7) is 8.32. The van der Waals surface area contributed by atoms with Crippen molar-refractivity contribution in [2.45, 2.75) is 39.1 Å². The molecule has 0 aliphatic heterocycles. The van der Waals surface area contributed by atoms with Gasteiger partial charge in [-0.25, -0.2) is 8.42 Å².